The van der Waals surface area contributed by atoms with Crippen molar-refractivity contribution in [2.45, 2.75) is 6.42 Å². The first-order valence-corrected chi connectivity index (χ1v) is 11.0. The third-order valence-corrected chi connectivity index (χ3v) is 4.70. The van der Waals surface area contributed by atoms with E-state index in [1.165, 1.54) is 26.4 Å². The largest absolute Gasteiger partial charge is 0.496 e. The molecule has 0 aliphatic heterocycles. The average molecular weight is 489 g/mol. The highest BCUT2D eigenvalue weighted by Gasteiger charge is 2.08. The zero-order chi connectivity index (χ0) is 24.8. The van der Waals surface area contributed by atoms with Crippen LogP contribution in [-0.4, -0.2) is 52.1 Å². The van der Waals surface area contributed by atoms with Crippen molar-refractivity contribution >= 4 is 35.5 Å². The van der Waals surface area contributed by atoms with E-state index < -0.39 is 0 Å². The van der Waals surface area contributed by atoms with Gasteiger partial charge in [-0.2, -0.15) is 0 Å². The molecule has 0 aliphatic rings. The van der Waals surface area contributed by atoms with Gasteiger partial charge in [-0.3, -0.25) is 9.59 Å². The summed E-state index contributed by atoms with van der Waals surface area (Å²) >= 11 is 5.41. The molecule has 0 spiro atoms. The third-order valence-electron chi connectivity index (χ3n) is 4.51. The quantitative estimate of drug-likeness (QED) is 0.170. The van der Waals surface area contributed by atoms with Gasteiger partial charge >= 0.3 is 0 Å². The van der Waals surface area contributed by atoms with Gasteiger partial charge in [0.2, 0.25) is 0 Å². The maximum Gasteiger partial charge on any atom is 0.163 e. The molecule has 34 heavy (non-hydrogen) atoms. The number of carbonyl (C=O) groups is 2. The topological polar surface area (TPSA) is 109 Å². The van der Waals surface area contributed by atoms with E-state index in [1.807, 2.05) is 0 Å². The molecule has 3 N–H and O–H groups in total. The number of hydrogen-bond acceptors (Lipinski definition) is 8. The highest BCUT2D eigenvalue weighted by molar-refractivity contribution is 6.13. The molecule has 2 aromatic rings. The summed E-state index contributed by atoms with van der Waals surface area (Å²) in [6.07, 6.45) is 5.65. The Morgan fingerprint density at radius 2 is 1.38 bits per heavy atom. The van der Waals surface area contributed by atoms with Gasteiger partial charge in [-0.05, 0) is 60.3 Å². The van der Waals surface area contributed by atoms with E-state index in [4.69, 9.17) is 36.5 Å². The lowest BCUT2D eigenvalue weighted by molar-refractivity contribution is -0.121. The molecule has 0 heterocycles. The van der Waals surface area contributed by atoms with Crippen LogP contribution in [0.4, 0.5) is 0 Å². The van der Waals surface area contributed by atoms with Gasteiger partial charge in [-0.25, -0.2) is 4.84 Å². The van der Waals surface area contributed by atoms with E-state index >= 15 is 0 Å². The molecule has 182 valence electrons. The third kappa shape index (κ3) is 8.90. The zero-order valence-corrected chi connectivity index (χ0v) is 20.0. The van der Waals surface area contributed by atoms with Crippen LogP contribution in [0.5, 0.6) is 23.0 Å². The zero-order valence-electron chi connectivity index (χ0n) is 19.2. The monoisotopic (exact) mass is 488 g/mol. The van der Waals surface area contributed by atoms with Crippen molar-refractivity contribution in [1.82, 2.24) is 4.84 Å². The van der Waals surface area contributed by atoms with Gasteiger partial charge in [-0.15, -0.1) is 0 Å². The number of hydrogen-bond donors (Lipinski definition) is 2. The standard InChI is InChI=1S/C25H29ClN2O6/c1-31-24-16-22(33-13-11-27)9-5-18(24)3-7-20(29)15-21(30)8-4-19-6-10-23(17-25(19)32-2)34-14-12-28-26/h3-10,16-17,28H,11-15,27H2,1-2H3/b7-3+,8-4+. The molecule has 0 saturated heterocycles. The van der Waals surface area contributed by atoms with E-state index in [2.05, 4.69) is 4.84 Å². The highest BCUT2D eigenvalue weighted by atomic mass is 35.5. The first-order valence-electron chi connectivity index (χ1n) is 10.6. The lowest BCUT2D eigenvalue weighted by atomic mass is 10.1. The van der Waals surface area contributed by atoms with Gasteiger partial charge in [0.05, 0.1) is 20.6 Å². The molecule has 0 atom stereocenters. The Hall–Kier alpha value is -3.33. The summed E-state index contributed by atoms with van der Waals surface area (Å²) in [6.45, 7) is 1.68. The fourth-order valence-electron chi connectivity index (χ4n) is 2.88. The number of nitrogens with two attached hydrogens (primary N) is 1. The first-order chi connectivity index (χ1) is 16.5. The van der Waals surface area contributed by atoms with E-state index in [0.29, 0.717) is 60.4 Å². The van der Waals surface area contributed by atoms with Gasteiger partial charge in [0, 0.05) is 36.3 Å². The number of ketones is 2. The van der Waals surface area contributed by atoms with Gasteiger partial charge in [0.1, 0.15) is 36.2 Å². The van der Waals surface area contributed by atoms with Crippen molar-refractivity contribution < 1.29 is 28.5 Å². The lowest BCUT2D eigenvalue weighted by Gasteiger charge is -2.09. The second-order valence-corrected chi connectivity index (χ2v) is 7.22. The summed E-state index contributed by atoms with van der Waals surface area (Å²) in [5, 5.41) is 0. The van der Waals surface area contributed by atoms with Crippen molar-refractivity contribution in [1.29, 1.82) is 0 Å². The molecular weight excluding hydrogens is 460 g/mol. The fraction of sp³-hybridized carbons (Fsp3) is 0.280. The lowest BCUT2D eigenvalue weighted by Crippen LogP contribution is -2.11. The van der Waals surface area contributed by atoms with Crippen molar-refractivity contribution in [3.8, 4) is 23.0 Å². The number of carbonyl (C=O) groups excluding carboxylic acids is 2. The maximum absolute atomic E-state index is 12.3. The van der Waals surface area contributed by atoms with Crippen LogP contribution in [0.3, 0.4) is 0 Å². The average Bonchev–Trinajstić information content (AvgIpc) is 2.85. The van der Waals surface area contributed by atoms with Gasteiger partial charge in [0.25, 0.3) is 0 Å². The second kappa shape index (κ2) is 14.7. The van der Waals surface area contributed by atoms with Crippen LogP contribution in [0.15, 0.2) is 48.6 Å². The van der Waals surface area contributed by atoms with Crippen LogP contribution in [0, 0.1) is 0 Å². The van der Waals surface area contributed by atoms with Crippen LogP contribution in [-0.2, 0) is 9.59 Å². The molecular formula is C25H29ClN2O6. The first kappa shape index (κ1) is 26.9. The molecule has 2 rings (SSSR count). The molecule has 0 aliphatic carbocycles. The molecule has 2 aromatic carbocycles. The number of nitrogens with one attached hydrogen (secondary N) is 1. The minimum atomic E-state index is -0.331. The number of allylic oxidation sites excluding steroid dienone is 2. The van der Waals surface area contributed by atoms with Crippen molar-refractivity contribution in [3.63, 3.8) is 0 Å². The molecule has 0 amide bonds. The number of rotatable bonds is 15. The Morgan fingerprint density at radius 1 is 0.882 bits per heavy atom. The number of ether oxygens (including phenoxy) is 4. The van der Waals surface area contributed by atoms with Crippen LogP contribution in [0.1, 0.15) is 17.5 Å². The van der Waals surface area contributed by atoms with Crippen LogP contribution in [0.2, 0.25) is 0 Å². The predicted octanol–water partition coefficient (Wildman–Crippen LogP) is 3.42. The van der Waals surface area contributed by atoms with Gasteiger partial charge < -0.3 is 24.7 Å². The van der Waals surface area contributed by atoms with Gasteiger partial charge in [-0.1, -0.05) is 0 Å². The summed E-state index contributed by atoms with van der Waals surface area (Å²) in [7, 11) is 3.05. The summed E-state index contributed by atoms with van der Waals surface area (Å²) < 4.78 is 21.7. The van der Waals surface area contributed by atoms with Gasteiger partial charge in [0.15, 0.2) is 11.6 Å². The summed E-state index contributed by atoms with van der Waals surface area (Å²) in [5.74, 6) is 1.66. The van der Waals surface area contributed by atoms with E-state index in [-0.39, 0.29) is 18.0 Å². The minimum Gasteiger partial charge on any atom is -0.496 e. The summed E-state index contributed by atoms with van der Waals surface area (Å²) in [5.41, 5.74) is 6.81. The van der Waals surface area contributed by atoms with Crippen molar-refractivity contribution in [2.75, 3.05) is 40.5 Å². The molecule has 0 fully saturated rings. The molecule has 0 aromatic heterocycles. The molecule has 8 nitrogen and oxygen atoms in total. The number of halogens is 1. The summed E-state index contributed by atoms with van der Waals surface area (Å²) in [6, 6.07) is 10.5. The smallest absolute Gasteiger partial charge is 0.163 e. The highest BCUT2D eigenvalue weighted by Crippen LogP contribution is 2.27. The molecule has 0 bridgehead atoms. The minimum absolute atomic E-state index is 0.262. The van der Waals surface area contributed by atoms with E-state index in [9.17, 15) is 9.59 Å². The Balaban J connectivity index is 1.97. The van der Waals surface area contributed by atoms with Crippen molar-refractivity contribution in [2.24, 2.45) is 5.73 Å². The maximum atomic E-state index is 12.3. The van der Waals surface area contributed by atoms with Crippen molar-refractivity contribution in [3.05, 3.63) is 59.7 Å². The predicted molar refractivity (Wildman–Crippen MR) is 133 cm³/mol. The Morgan fingerprint density at radius 3 is 1.82 bits per heavy atom. The van der Waals surface area contributed by atoms with Crippen LogP contribution in [0.25, 0.3) is 12.2 Å². The Kier molecular flexibility index (Phi) is 11.7. The number of benzene rings is 2. The Labute approximate surface area is 204 Å². The Bertz CT molecular complexity index is 1020. The van der Waals surface area contributed by atoms with E-state index in [0.717, 1.165) is 0 Å². The molecule has 9 heteroatoms. The second-order valence-electron chi connectivity index (χ2n) is 6.95. The van der Waals surface area contributed by atoms with Crippen LogP contribution < -0.4 is 29.5 Å². The SMILES string of the molecule is COc1cc(OCCN)ccc1/C=C/C(=O)CC(=O)/C=C/c1ccc(OCCNCl)cc1OC. The molecule has 0 radical (unpaired) electrons. The van der Waals surface area contributed by atoms with Crippen LogP contribution >= 0.6 is 11.8 Å². The summed E-state index contributed by atoms with van der Waals surface area (Å²) in [4.78, 5) is 27.0. The van der Waals surface area contributed by atoms with E-state index in [1.54, 1.807) is 48.6 Å². The number of methoxy groups -OCH3 is 2. The molecule has 0 saturated carbocycles. The molecule has 0 unspecified atom stereocenters. The fourth-order valence-corrected chi connectivity index (χ4v) is 2.95. The normalized spacial score (nSPS) is 11.1.